The Morgan fingerprint density at radius 3 is 2.81 bits per heavy atom. The van der Waals surface area contributed by atoms with Crippen LogP contribution in [0.4, 0.5) is 8.78 Å². The van der Waals surface area contributed by atoms with Crippen molar-refractivity contribution in [1.29, 1.82) is 0 Å². The molecule has 1 aromatic rings. The summed E-state index contributed by atoms with van der Waals surface area (Å²) in [6.45, 7) is 4.51. The van der Waals surface area contributed by atoms with E-state index in [2.05, 4.69) is 27.1 Å². The molecule has 0 bridgehead atoms. The maximum Gasteiger partial charge on any atom is 0.319 e. The Kier molecular flexibility index (Phi) is 5.52. The van der Waals surface area contributed by atoms with Gasteiger partial charge in [0.25, 0.3) is 0 Å². The Balaban J connectivity index is 2.05. The van der Waals surface area contributed by atoms with Crippen molar-refractivity contribution in [2.45, 2.75) is 39.8 Å². The van der Waals surface area contributed by atoms with Crippen LogP contribution in [-0.2, 0) is 6.54 Å². The lowest BCUT2D eigenvalue weighted by molar-refractivity contribution is 0.0671. The number of halogens is 2. The topological polar surface area (TPSA) is 45.5 Å². The average molecular weight is 299 g/mol. The molecule has 2 heterocycles. The van der Waals surface area contributed by atoms with Gasteiger partial charge in [-0.1, -0.05) is 6.92 Å². The number of nitrogens with zero attached hydrogens (tertiary/aromatic N) is 4. The molecule has 0 atom stereocenters. The third kappa shape index (κ3) is 4.15. The first kappa shape index (κ1) is 15.7. The number of aliphatic imine (C=N–C) groups is 1. The van der Waals surface area contributed by atoms with E-state index in [0.717, 1.165) is 48.9 Å². The average Bonchev–Trinajstić information content (AvgIpc) is 2.93. The van der Waals surface area contributed by atoms with Gasteiger partial charge in [-0.15, -0.1) is 0 Å². The summed E-state index contributed by atoms with van der Waals surface area (Å²) in [5.41, 5.74) is 0. The highest BCUT2D eigenvalue weighted by molar-refractivity contribution is 5.80. The first-order valence-electron chi connectivity index (χ1n) is 7.45. The summed E-state index contributed by atoms with van der Waals surface area (Å²) in [4.78, 5) is 10.6. The Hall–Kier alpha value is -1.66. The van der Waals surface area contributed by atoms with E-state index < -0.39 is 6.55 Å². The second kappa shape index (κ2) is 7.38. The van der Waals surface area contributed by atoms with Crippen LogP contribution in [0.25, 0.3) is 0 Å². The summed E-state index contributed by atoms with van der Waals surface area (Å²) in [6, 6.07) is 0. The molecule has 1 N–H and O–H groups in total. The predicted molar refractivity (Wildman–Crippen MR) is 78.3 cm³/mol. The quantitative estimate of drug-likeness (QED) is 0.686. The molecule has 2 rings (SSSR count). The number of likely N-dealkylation sites (tertiary alicyclic amines) is 1. The molecule has 0 aromatic carbocycles. The zero-order valence-electron chi connectivity index (χ0n) is 12.6. The second-order valence-corrected chi connectivity index (χ2v) is 5.37. The van der Waals surface area contributed by atoms with Gasteiger partial charge in [0.05, 0.1) is 0 Å². The Labute approximate surface area is 124 Å². The van der Waals surface area contributed by atoms with Crippen LogP contribution in [-0.4, -0.2) is 40.0 Å². The monoisotopic (exact) mass is 299 g/mol. The number of hydrogen-bond acceptors (Lipinski definition) is 2. The number of imidazole rings is 1. The van der Waals surface area contributed by atoms with Gasteiger partial charge in [-0.05, 0) is 25.7 Å². The van der Waals surface area contributed by atoms with Crippen molar-refractivity contribution < 1.29 is 8.78 Å². The molecule has 1 aromatic heterocycles. The molecule has 0 aliphatic carbocycles. The van der Waals surface area contributed by atoms with Crippen LogP contribution in [0.3, 0.4) is 0 Å². The minimum absolute atomic E-state index is 0.158. The molecule has 0 amide bonds. The molecule has 0 saturated carbocycles. The summed E-state index contributed by atoms with van der Waals surface area (Å²) in [5.74, 6) is 1.81. The number of piperidine rings is 1. The summed E-state index contributed by atoms with van der Waals surface area (Å²) in [5, 5.41) is 3.23. The van der Waals surface area contributed by atoms with Crippen LogP contribution in [0, 0.1) is 5.92 Å². The van der Waals surface area contributed by atoms with Crippen molar-refractivity contribution in [1.82, 2.24) is 19.8 Å². The highest BCUT2D eigenvalue weighted by atomic mass is 19.3. The van der Waals surface area contributed by atoms with Gasteiger partial charge < -0.3 is 10.2 Å². The fourth-order valence-electron chi connectivity index (χ4n) is 2.44. The van der Waals surface area contributed by atoms with E-state index in [1.165, 1.54) is 12.4 Å². The van der Waals surface area contributed by atoms with E-state index in [1.54, 1.807) is 0 Å². The van der Waals surface area contributed by atoms with Gasteiger partial charge in [-0.3, -0.25) is 4.57 Å². The van der Waals surface area contributed by atoms with Crippen molar-refractivity contribution >= 4 is 5.96 Å². The summed E-state index contributed by atoms with van der Waals surface area (Å²) < 4.78 is 26.4. The fraction of sp³-hybridized carbons (Fsp3) is 0.714. The molecule has 0 radical (unpaired) electrons. The number of alkyl halides is 2. The highest BCUT2D eigenvalue weighted by Crippen LogP contribution is 2.17. The van der Waals surface area contributed by atoms with Crippen molar-refractivity contribution in [3.05, 3.63) is 18.2 Å². The van der Waals surface area contributed by atoms with E-state index in [0.29, 0.717) is 0 Å². The van der Waals surface area contributed by atoms with Crippen molar-refractivity contribution in [2.75, 3.05) is 19.6 Å². The van der Waals surface area contributed by atoms with Gasteiger partial charge in [0.15, 0.2) is 5.96 Å². The third-order valence-electron chi connectivity index (χ3n) is 3.75. The molecular weight excluding hydrogens is 276 g/mol. The van der Waals surface area contributed by atoms with Crippen molar-refractivity contribution in [2.24, 2.45) is 10.9 Å². The Morgan fingerprint density at radius 2 is 2.19 bits per heavy atom. The molecular formula is C14H23F2N5. The Bertz CT molecular complexity index is 464. The maximum absolute atomic E-state index is 12.8. The van der Waals surface area contributed by atoms with Gasteiger partial charge in [0, 0.05) is 32.0 Å². The first-order chi connectivity index (χ1) is 10.1. The molecule has 1 aliphatic heterocycles. The van der Waals surface area contributed by atoms with Crippen LogP contribution >= 0.6 is 0 Å². The lowest BCUT2D eigenvalue weighted by Gasteiger charge is -2.32. The van der Waals surface area contributed by atoms with Crippen LogP contribution in [0.1, 0.15) is 39.1 Å². The van der Waals surface area contributed by atoms with Crippen LogP contribution in [0.2, 0.25) is 0 Å². The number of hydrogen-bond donors (Lipinski definition) is 1. The van der Waals surface area contributed by atoms with Gasteiger partial charge in [-0.25, -0.2) is 9.98 Å². The van der Waals surface area contributed by atoms with E-state index in [9.17, 15) is 8.78 Å². The number of nitrogens with one attached hydrogen (secondary N) is 1. The van der Waals surface area contributed by atoms with Gasteiger partial charge in [-0.2, -0.15) is 8.78 Å². The minimum atomic E-state index is -2.57. The molecule has 0 spiro atoms. The molecule has 1 saturated heterocycles. The van der Waals surface area contributed by atoms with Crippen molar-refractivity contribution in [3.63, 3.8) is 0 Å². The van der Waals surface area contributed by atoms with Gasteiger partial charge in [0.1, 0.15) is 12.4 Å². The normalized spacial score (nSPS) is 17.6. The van der Waals surface area contributed by atoms with E-state index >= 15 is 0 Å². The molecule has 1 aliphatic rings. The maximum atomic E-state index is 12.8. The highest BCUT2D eigenvalue weighted by Gasteiger charge is 2.19. The minimum Gasteiger partial charge on any atom is -0.357 e. The van der Waals surface area contributed by atoms with Gasteiger partial charge in [0.2, 0.25) is 0 Å². The van der Waals surface area contributed by atoms with Crippen molar-refractivity contribution in [3.8, 4) is 0 Å². The van der Waals surface area contributed by atoms with Crippen LogP contribution in [0.5, 0.6) is 0 Å². The molecule has 0 unspecified atom stereocenters. The fourth-order valence-corrected chi connectivity index (χ4v) is 2.44. The largest absolute Gasteiger partial charge is 0.357 e. The lowest BCUT2D eigenvalue weighted by atomic mass is 10.00. The standard InChI is InChI=1S/C14H23F2N5/c1-3-17-14(20-7-4-11(2)5-8-20)19-10-12-18-6-9-21(12)13(15)16/h6,9,11,13H,3-5,7-8,10H2,1-2H3,(H,17,19). The molecule has 1 fully saturated rings. The summed E-state index contributed by atoms with van der Waals surface area (Å²) in [7, 11) is 0. The molecule has 7 heteroatoms. The summed E-state index contributed by atoms with van der Waals surface area (Å²) >= 11 is 0. The predicted octanol–water partition coefficient (Wildman–Crippen LogP) is 2.48. The summed E-state index contributed by atoms with van der Waals surface area (Å²) in [6.07, 6.45) is 4.93. The smallest absolute Gasteiger partial charge is 0.319 e. The molecule has 21 heavy (non-hydrogen) atoms. The molecule has 118 valence electrons. The lowest BCUT2D eigenvalue weighted by Crippen LogP contribution is -2.45. The zero-order valence-corrected chi connectivity index (χ0v) is 12.6. The third-order valence-corrected chi connectivity index (χ3v) is 3.75. The van der Waals surface area contributed by atoms with E-state index in [4.69, 9.17) is 0 Å². The van der Waals surface area contributed by atoms with Crippen LogP contribution in [0.15, 0.2) is 17.4 Å². The van der Waals surface area contributed by atoms with Gasteiger partial charge >= 0.3 is 6.55 Å². The van der Waals surface area contributed by atoms with E-state index in [1.807, 2.05) is 6.92 Å². The SMILES string of the molecule is CCNC(=NCc1nccn1C(F)F)N1CCC(C)CC1. The second-order valence-electron chi connectivity index (χ2n) is 5.37. The first-order valence-corrected chi connectivity index (χ1v) is 7.45. The number of rotatable bonds is 4. The Morgan fingerprint density at radius 1 is 1.48 bits per heavy atom. The number of aromatic nitrogens is 2. The number of guanidine groups is 1. The van der Waals surface area contributed by atoms with E-state index in [-0.39, 0.29) is 12.4 Å². The zero-order chi connectivity index (χ0) is 15.2. The van der Waals surface area contributed by atoms with Crippen LogP contribution < -0.4 is 5.32 Å². The molecule has 5 nitrogen and oxygen atoms in total.